The molecule has 1 aliphatic carbocycles. The van der Waals surface area contributed by atoms with Gasteiger partial charge in [-0.15, -0.1) is 6.58 Å². The highest BCUT2D eigenvalue weighted by Crippen LogP contribution is 2.30. The summed E-state index contributed by atoms with van der Waals surface area (Å²) in [5.74, 6) is 0.215. The lowest BCUT2D eigenvalue weighted by atomic mass is 10.0. The number of hydrogen-bond donors (Lipinski definition) is 0. The van der Waals surface area contributed by atoms with Crippen molar-refractivity contribution in [2.45, 2.75) is 12.3 Å². The zero-order valence-corrected chi connectivity index (χ0v) is 6.79. The maximum Gasteiger partial charge on any atom is 0.148 e. The van der Waals surface area contributed by atoms with Gasteiger partial charge in [0.1, 0.15) is 5.78 Å². The predicted octanol–water partition coefficient (Wildman–Crippen LogP) is 2.08. The summed E-state index contributed by atoms with van der Waals surface area (Å²) in [4.78, 5) is 11.4. The van der Waals surface area contributed by atoms with Crippen LogP contribution < -0.4 is 0 Å². The Kier molecular flexibility index (Phi) is 1.58. The first kappa shape index (κ1) is 7.29. The van der Waals surface area contributed by atoms with Crippen LogP contribution in [-0.2, 0) is 11.2 Å². The van der Waals surface area contributed by atoms with Gasteiger partial charge in [0.25, 0.3) is 0 Å². The molecule has 0 spiro atoms. The molecular weight excluding hydrogens is 148 g/mol. The van der Waals surface area contributed by atoms with Crippen molar-refractivity contribution in [3.05, 3.63) is 48.0 Å². The summed E-state index contributed by atoms with van der Waals surface area (Å²) in [6.45, 7) is 3.67. The van der Waals surface area contributed by atoms with E-state index in [9.17, 15) is 4.79 Å². The van der Waals surface area contributed by atoms with E-state index in [0.29, 0.717) is 6.42 Å². The fourth-order valence-corrected chi connectivity index (χ4v) is 1.73. The van der Waals surface area contributed by atoms with Crippen LogP contribution in [0.2, 0.25) is 0 Å². The molecule has 1 aromatic rings. The number of carbonyl (C=O) groups is 1. The summed E-state index contributed by atoms with van der Waals surface area (Å²) in [6, 6.07) is 7.95. The fourth-order valence-electron chi connectivity index (χ4n) is 1.73. The van der Waals surface area contributed by atoms with Gasteiger partial charge in [0, 0.05) is 6.42 Å². The molecule has 1 heteroatoms. The van der Waals surface area contributed by atoms with Crippen LogP contribution in [0.5, 0.6) is 0 Å². The molecule has 0 aromatic heterocycles. The maximum absolute atomic E-state index is 11.4. The Hall–Kier alpha value is -1.37. The van der Waals surface area contributed by atoms with E-state index in [-0.39, 0.29) is 11.7 Å². The van der Waals surface area contributed by atoms with E-state index >= 15 is 0 Å². The van der Waals surface area contributed by atoms with Crippen molar-refractivity contribution in [3.8, 4) is 0 Å². The van der Waals surface area contributed by atoms with Crippen LogP contribution in [-0.4, -0.2) is 5.78 Å². The number of ketones is 1. The first-order valence-corrected chi connectivity index (χ1v) is 4.06. The van der Waals surface area contributed by atoms with Crippen molar-refractivity contribution in [2.24, 2.45) is 0 Å². The molecule has 12 heavy (non-hydrogen) atoms. The van der Waals surface area contributed by atoms with Crippen LogP contribution in [0, 0.1) is 0 Å². The van der Waals surface area contributed by atoms with E-state index in [1.165, 1.54) is 0 Å². The standard InChI is InChI=1S/C11H10O/c1-2-9-10-6-4-3-5-8(10)7-11(9)12/h2-6,9H,1,7H2. The van der Waals surface area contributed by atoms with Crippen molar-refractivity contribution in [2.75, 3.05) is 0 Å². The minimum Gasteiger partial charge on any atom is -0.298 e. The molecule has 0 N–H and O–H groups in total. The Morgan fingerprint density at radius 3 is 2.92 bits per heavy atom. The fraction of sp³-hybridized carbons (Fsp3) is 0.182. The van der Waals surface area contributed by atoms with Crippen molar-refractivity contribution < 1.29 is 4.79 Å². The molecule has 0 saturated heterocycles. The number of fused-ring (bicyclic) bond motifs is 1. The maximum atomic E-state index is 11.4. The molecule has 1 aromatic carbocycles. The summed E-state index contributed by atoms with van der Waals surface area (Å²) >= 11 is 0. The Morgan fingerprint density at radius 2 is 2.17 bits per heavy atom. The van der Waals surface area contributed by atoms with Gasteiger partial charge in [0.05, 0.1) is 5.92 Å². The van der Waals surface area contributed by atoms with E-state index in [1.54, 1.807) is 6.08 Å². The van der Waals surface area contributed by atoms with Crippen LogP contribution in [0.3, 0.4) is 0 Å². The van der Waals surface area contributed by atoms with Crippen LogP contribution in [0.4, 0.5) is 0 Å². The normalized spacial score (nSPS) is 20.7. The second-order valence-electron chi connectivity index (χ2n) is 3.06. The third kappa shape index (κ3) is 0.900. The van der Waals surface area contributed by atoms with Gasteiger partial charge < -0.3 is 0 Å². The summed E-state index contributed by atoms with van der Waals surface area (Å²) in [5, 5.41) is 0. The van der Waals surface area contributed by atoms with Crippen molar-refractivity contribution >= 4 is 5.78 Å². The Morgan fingerprint density at radius 1 is 1.42 bits per heavy atom. The highest BCUT2D eigenvalue weighted by atomic mass is 16.1. The molecule has 0 amide bonds. The minimum atomic E-state index is -0.0544. The summed E-state index contributed by atoms with van der Waals surface area (Å²) in [7, 11) is 0. The number of allylic oxidation sites excluding steroid dienone is 1. The smallest absolute Gasteiger partial charge is 0.148 e. The highest BCUT2D eigenvalue weighted by molar-refractivity contribution is 5.94. The van der Waals surface area contributed by atoms with Crippen molar-refractivity contribution in [3.63, 3.8) is 0 Å². The average molecular weight is 158 g/mol. The first-order valence-electron chi connectivity index (χ1n) is 4.06. The number of hydrogen-bond acceptors (Lipinski definition) is 1. The number of carbonyl (C=O) groups excluding carboxylic acids is 1. The van der Waals surface area contributed by atoms with E-state index in [4.69, 9.17) is 0 Å². The molecule has 0 saturated carbocycles. The minimum absolute atomic E-state index is 0.0544. The van der Waals surface area contributed by atoms with Crippen LogP contribution in [0.15, 0.2) is 36.9 Å². The molecule has 0 fully saturated rings. The third-order valence-corrected chi connectivity index (χ3v) is 2.34. The van der Waals surface area contributed by atoms with Crippen LogP contribution in [0.1, 0.15) is 17.0 Å². The van der Waals surface area contributed by atoms with Crippen molar-refractivity contribution in [1.29, 1.82) is 0 Å². The molecule has 2 rings (SSSR count). The van der Waals surface area contributed by atoms with Gasteiger partial charge in [0.2, 0.25) is 0 Å². The Balaban J connectivity index is 2.54. The molecule has 1 unspecified atom stereocenters. The van der Waals surface area contributed by atoms with Crippen molar-refractivity contribution in [1.82, 2.24) is 0 Å². The van der Waals surface area contributed by atoms with Gasteiger partial charge in [-0.3, -0.25) is 4.79 Å². The molecule has 0 radical (unpaired) electrons. The van der Waals surface area contributed by atoms with Gasteiger partial charge in [-0.1, -0.05) is 30.3 Å². The molecule has 0 bridgehead atoms. The largest absolute Gasteiger partial charge is 0.298 e. The molecule has 1 aliphatic rings. The average Bonchev–Trinajstić information content (AvgIpc) is 2.40. The third-order valence-electron chi connectivity index (χ3n) is 2.34. The number of benzene rings is 1. The predicted molar refractivity (Wildman–Crippen MR) is 48.1 cm³/mol. The zero-order chi connectivity index (χ0) is 8.55. The second-order valence-corrected chi connectivity index (χ2v) is 3.06. The zero-order valence-electron chi connectivity index (χ0n) is 6.79. The number of rotatable bonds is 1. The molecule has 0 heterocycles. The highest BCUT2D eigenvalue weighted by Gasteiger charge is 2.26. The topological polar surface area (TPSA) is 17.1 Å². The van der Waals surface area contributed by atoms with Gasteiger partial charge in [0.15, 0.2) is 0 Å². The van der Waals surface area contributed by atoms with E-state index < -0.39 is 0 Å². The van der Waals surface area contributed by atoms with E-state index in [1.807, 2.05) is 24.3 Å². The van der Waals surface area contributed by atoms with E-state index in [0.717, 1.165) is 11.1 Å². The number of Topliss-reactive ketones (excluding diaryl/α,β-unsaturated/α-hetero) is 1. The summed E-state index contributed by atoms with van der Waals surface area (Å²) in [5.41, 5.74) is 2.30. The van der Waals surface area contributed by atoms with Crippen LogP contribution in [0.25, 0.3) is 0 Å². The molecule has 1 atom stereocenters. The lowest BCUT2D eigenvalue weighted by Crippen LogP contribution is -2.01. The van der Waals surface area contributed by atoms with E-state index in [2.05, 4.69) is 6.58 Å². The lowest BCUT2D eigenvalue weighted by molar-refractivity contribution is -0.118. The summed E-state index contributed by atoms with van der Waals surface area (Å²) in [6.07, 6.45) is 2.31. The van der Waals surface area contributed by atoms with Gasteiger partial charge in [-0.2, -0.15) is 0 Å². The quantitative estimate of drug-likeness (QED) is 0.572. The molecule has 1 nitrogen and oxygen atoms in total. The Labute approximate surface area is 71.7 Å². The molecule has 0 aliphatic heterocycles. The Bertz CT molecular complexity index is 339. The van der Waals surface area contributed by atoms with Gasteiger partial charge in [-0.05, 0) is 11.1 Å². The SMILES string of the molecule is C=CC1C(=O)Cc2ccccc21. The lowest BCUT2D eigenvalue weighted by Gasteiger charge is -2.01. The van der Waals surface area contributed by atoms with Gasteiger partial charge >= 0.3 is 0 Å². The summed E-state index contributed by atoms with van der Waals surface area (Å²) < 4.78 is 0. The monoisotopic (exact) mass is 158 g/mol. The van der Waals surface area contributed by atoms with Crippen LogP contribution >= 0.6 is 0 Å². The van der Waals surface area contributed by atoms with Gasteiger partial charge in [-0.25, -0.2) is 0 Å². The first-order chi connectivity index (χ1) is 5.83. The molecule has 60 valence electrons. The second kappa shape index (κ2) is 2.59. The molecular formula is C11H10O.